The van der Waals surface area contributed by atoms with Crippen molar-refractivity contribution in [2.45, 2.75) is 0 Å². The zero-order valence-electron chi connectivity index (χ0n) is 10.5. The molecule has 2 aromatic carbocycles. The topological polar surface area (TPSA) is 67.5 Å². The third-order valence-corrected chi connectivity index (χ3v) is 2.99. The molecule has 1 heterocycles. The average Bonchev–Trinajstić information content (AvgIpc) is 2.49. The summed E-state index contributed by atoms with van der Waals surface area (Å²) < 4.78 is 1.42. The molecule has 0 aliphatic carbocycles. The number of para-hydroxylation sites is 2. The van der Waals surface area contributed by atoms with Gasteiger partial charge in [0, 0.05) is 0 Å². The fraction of sp³-hybridized carbons (Fsp3) is 0. The van der Waals surface area contributed by atoms with Gasteiger partial charge in [-0.2, -0.15) is 0 Å². The van der Waals surface area contributed by atoms with Crippen LogP contribution in [0.25, 0.3) is 16.6 Å². The molecule has 98 valence electrons. The van der Waals surface area contributed by atoms with Crippen LogP contribution in [0, 0.1) is 0 Å². The Balaban J connectivity index is 2.42. The van der Waals surface area contributed by atoms with E-state index in [1.54, 1.807) is 30.3 Å². The number of nitrogens with zero attached hydrogens (tertiary/aromatic N) is 3. The second-order valence-corrected chi connectivity index (χ2v) is 4.21. The maximum absolute atomic E-state index is 12.6. The van der Waals surface area contributed by atoms with Gasteiger partial charge in [0.1, 0.15) is 6.21 Å². The van der Waals surface area contributed by atoms with E-state index < -0.39 is 0 Å². The minimum Gasteiger partial charge on any atom is -0.411 e. The summed E-state index contributed by atoms with van der Waals surface area (Å²) in [5.41, 5.74) is 1.04. The first-order valence-corrected chi connectivity index (χ1v) is 6.06. The van der Waals surface area contributed by atoms with E-state index >= 15 is 0 Å². The molecular formula is C15H11N3O2. The third-order valence-electron chi connectivity index (χ3n) is 2.99. The molecule has 1 aromatic heterocycles. The molecule has 1 N–H and O–H groups in total. The van der Waals surface area contributed by atoms with E-state index in [0.717, 1.165) is 6.21 Å². The molecule has 5 nitrogen and oxygen atoms in total. The highest BCUT2D eigenvalue weighted by Gasteiger charge is 2.10. The molecule has 3 rings (SSSR count). The maximum Gasteiger partial charge on any atom is 0.266 e. The van der Waals surface area contributed by atoms with Crippen molar-refractivity contribution in [3.63, 3.8) is 0 Å². The Bertz CT molecular complexity index is 839. The van der Waals surface area contributed by atoms with Crippen LogP contribution in [0.5, 0.6) is 0 Å². The Morgan fingerprint density at radius 1 is 1.05 bits per heavy atom. The first-order chi connectivity index (χ1) is 9.81. The fourth-order valence-electron chi connectivity index (χ4n) is 2.11. The van der Waals surface area contributed by atoms with Gasteiger partial charge in [0.15, 0.2) is 5.82 Å². The fourth-order valence-corrected chi connectivity index (χ4v) is 2.11. The summed E-state index contributed by atoms with van der Waals surface area (Å²) in [6.45, 7) is 0. The summed E-state index contributed by atoms with van der Waals surface area (Å²) in [5.74, 6) is 0.280. The highest BCUT2D eigenvalue weighted by Crippen LogP contribution is 2.11. The molecular weight excluding hydrogens is 254 g/mol. The average molecular weight is 265 g/mol. The lowest BCUT2D eigenvalue weighted by Crippen LogP contribution is -2.23. The van der Waals surface area contributed by atoms with Crippen LogP contribution in [0.4, 0.5) is 0 Å². The van der Waals surface area contributed by atoms with Crippen molar-refractivity contribution in [2.75, 3.05) is 0 Å². The summed E-state index contributed by atoms with van der Waals surface area (Å²) in [7, 11) is 0. The predicted octanol–water partition coefficient (Wildman–Crippen LogP) is 2.19. The lowest BCUT2D eigenvalue weighted by atomic mass is 10.2. The van der Waals surface area contributed by atoms with Crippen LogP contribution in [-0.2, 0) is 0 Å². The van der Waals surface area contributed by atoms with Crippen molar-refractivity contribution in [3.05, 3.63) is 70.8 Å². The SMILES string of the molecule is O=c1c2ccccc2nc(/C=N/O)n1-c1ccccc1. The molecule has 0 aliphatic heterocycles. The Hall–Kier alpha value is -2.95. The Morgan fingerprint density at radius 3 is 2.50 bits per heavy atom. The minimum absolute atomic E-state index is 0.197. The van der Waals surface area contributed by atoms with Crippen molar-refractivity contribution >= 4 is 17.1 Å². The highest BCUT2D eigenvalue weighted by atomic mass is 16.4. The smallest absolute Gasteiger partial charge is 0.266 e. The van der Waals surface area contributed by atoms with E-state index in [2.05, 4.69) is 10.1 Å². The van der Waals surface area contributed by atoms with Crippen molar-refractivity contribution in [1.29, 1.82) is 0 Å². The molecule has 0 aliphatic rings. The number of rotatable bonds is 2. The molecule has 20 heavy (non-hydrogen) atoms. The van der Waals surface area contributed by atoms with Crippen LogP contribution >= 0.6 is 0 Å². The first kappa shape index (κ1) is 12.1. The zero-order valence-corrected chi connectivity index (χ0v) is 10.5. The minimum atomic E-state index is -0.197. The maximum atomic E-state index is 12.6. The largest absolute Gasteiger partial charge is 0.411 e. The highest BCUT2D eigenvalue weighted by molar-refractivity contribution is 5.83. The van der Waals surface area contributed by atoms with Crippen molar-refractivity contribution in [2.24, 2.45) is 5.16 Å². The number of aromatic nitrogens is 2. The van der Waals surface area contributed by atoms with Gasteiger partial charge in [-0.15, -0.1) is 0 Å². The van der Waals surface area contributed by atoms with Gasteiger partial charge in [0.25, 0.3) is 5.56 Å². The lowest BCUT2D eigenvalue weighted by Gasteiger charge is -2.10. The molecule has 0 atom stereocenters. The standard InChI is InChI=1S/C15H11N3O2/c19-15-12-8-4-5-9-13(12)17-14(10-16-20)18(15)11-6-2-1-3-7-11/h1-10,20H/b16-10+. The summed E-state index contributed by atoms with van der Waals surface area (Å²) in [4.78, 5) is 17.0. The molecule has 0 fully saturated rings. The van der Waals surface area contributed by atoms with E-state index in [4.69, 9.17) is 5.21 Å². The number of oxime groups is 1. The molecule has 0 amide bonds. The third kappa shape index (κ3) is 1.95. The molecule has 0 spiro atoms. The molecule has 0 radical (unpaired) electrons. The van der Waals surface area contributed by atoms with E-state index in [1.165, 1.54) is 4.57 Å². The lowest BCUT2D eigenvalue weighted by molar-refractivity contribution is 0.321. The number of hydrogen-bond acceptors (Lipinski definition) is 4. The second-order valence-electron chi connectivity index (χ2n) is 4.21. The van der Waals surface area contributed by atoms with Crippen molar-refractivity contribution in [1.82, 2.24) is 9.55 Å². The quantitative estimate of drug-likeness (QED) is 0.439. The first-order valence-electron chi connectivity index (χ1n) is 6.06. The molecule has 0 bridgehead atoms. The number of fused-ring (bicyclic) bond motifs is 1. The van der Waals surface area contributed by atoms with E-state index in [9.17, 15) is 4.79 Å². The van der Waals surface area contributed by atoms with Gasteiger partial charge < -0.3 is 5.21 Å². The number of hydrogen-bond donors (Lipinski definition) is 1. The van der Waals surface area contributed by atoms with Crippen molar-refractivity contribution in [3.8, 4) is 5.69 Å². The van der Waals surface area contributed by atoms with Gasteiger partial charge >= 0.3 is 0 Å². The normalized spacial score (nSPS) is 11.2. The second kappa shape index (κ2) is 4.97. The van der Waals surface area contributed by atoms with Crippen molar-refractivity contribution < 1.29 is 5.21 Å². The summed E-state index contributed by atoms with van der Waals surface area (Å²) in [6.07, 6.45) is 1.15. The van der Waals surface area contributed by atoms with Gasteiger partial charge in [-0.05, 0) is 24.3 Å². The van der Waals surface area contributed by atoms with Gasteiger partial charge in [-0.25, -0.2) is 4.98 Å². The molecule has 0 saturated heterocycles. The summed E-state index contributed by atoms with van der Waals surface area (Å²) in [6, 6.07) is 16.2. The van der Waals surface area contributed by atoms with Crippen LogP contribution in [0.1, 0.15) is 5.82 Å². The van der Waals surface area contributed by atoms with Gasteiger partial charge in [-0.1, -0.05) is 35.5 Å². The van der Waals surface area contributed by atoms with Crippen LogP contribution in [0.3, 0.4) is 0 Å². The zero-order chi connectivity index (χ0) is 13.9. The van der Waals surface area contributed by atoms with Crippen LogP contribution in [0.2, 0.25) is 0 Å². The summed E-state index contributed by atoms with van der Waals surface area (Å²) in [5, 5.41) is 12.3. The Morgan fingerprint density at radius 2 is 1.75 bits per heavy atom. The van der Waals surface area contributed by atoms with Gasteiger partial charge in [0.2, 0.25) is 0 Å². The molecule has 0 saturated carbocycles. The number of benzene rings is 2. The molecule has 5 heteroatoms. The van der Waals surface area contributed by atoms with Crippen LogP contribution < -0.4 is 5.56 Å². The molecule has 0 unspecified atom stereocenters. The Kier molecular flexibility index (Phi) is 3.01. The van der Waals surface area contributed by atoms with E-state index in [1.807, 2.05) is 24.3 Å². The Labute approximate surface area is 114 Å². The van der Waals surface area contributed by atoms with Crippen LogP contribution in [-0.4, -0.2) is 21.0 Å². The molecule has 3 aromatic rings. The van der Waals surface area contributed by atoms with Gasteiger partial charge in [0.05, 0.1) is 16.6 Å². The van der Waals surface area contributed by atoms with Gasteiger partial charge in [-0.3, -0.25) is 9.36 Å². The van der Waals surface area contributed by atoms with Crippen LogP contribution in [0.15, 0.2) is 64.5 Å². The van der Waals surface area contributed by atoms with E-state index in [0.29, 0.717) is 16.6 Å². The monoisotopic (exact) mass is 265 g/mol. The summed E-state index contributed by atoms with van der Waals surface area (Å²) >= 11 is 0. The predicted molar refractivity (Wildman–Crippen MR) is 76.7 cm³/mol. The van der Waals surface area contributed by atoms with E-state index in [-0.39, 0.29) is 11.4 Å².